The molecular weight excluding hydrogens is 240 g/mol. The summed E-state index contributed by atoms with van der Waals surface area (Å²) >= 11 is 0. The van der Waals surface area contributed by atoms with Gasteiger partial charge in [0, 0.05) is 0 Å². The minimum absolute atomic E-state index is 0.803. The highest BCUT2D eigenvalue weighted by molar-refractivity contribution is 5.30. The van der Waals surface area contributed by atoms with E-state index in [0.717, 1.165) is 18.3 Å². The summed E-state index contributed by atoms with van der Waals surface area (Å²) in [4.78, 5) is 0. The maximum atomic E-state index is 2.39. The molecule has 0 aliphatic heterocycles. The van der Waals surface area contributed by atoms with Crippen LogP contribution < -0.4 is 0 Å². The summed E-state index contributed by atoms with van der Waals surface area (Å²) in [6.45, 7) is 2.39. The fourth-order valence-corrected chi connectivity index (χ4v) is 3.33. The molecule has 0 nitrogen and oxygen atoms in total. The Labute approximate surface area is 122 Å². The summed E-state index contributed by atoms with van der Waals surface area (Å²) in [5, 5.41) is 0. The molecule has 0 heterocycles. The molecule has 1 aliphatic carbocycles. The van der Waals surface area contributed by atoms with Gasteiger partial charge in [0.1, 0.15) is 0 Å². The molecule has 0 aromatic heterocycles. The van der Waals surface area contributed by atoms with E-state index in [1.165, 1.54) is 36.8 Å². The van der Waals surface area contributed by atoms with E-state index in [-0.39, 0.29) is 0 Å². The molecule has 0 atom stereocenters. The molecule has 0 spiro atoms. The molecule has 0 saturated heterocycles. The van der Waals surface area contributed by atoms with Crippen LogP contribution in [-0.2, 0) is 6.42 Å². The molecule has 0 unspecified atom stereocenters. The van der Waals surface area contributed by atoms with Crippen molar-refractivity contribution in [2.45, 2.75) is 44.9 Å². The van der Waals surface area contributed by atoms with Gasteiger partial charge >= 0.3 is 0 Å². The van der Waals surface area contributed by atoms with Crippen LogP contribution in [-0.4, -0.2) is 0 Å². The molecule has 1 aliphatic rings. The molecule has 104 valence electrons. The molecule has 0 bridgehead atoms. The lowest BCUT2D eigenvalue weighted by Crippen LogP contribution is -2.10. The van der Waals surface area contributed by atoms with E-state index in [2.05, 4.69) is 61.5 Å². The Morgan fingerprint density at radius 2 is 1.35 bits per heavy atom. The second-order valence-electron chi connectivity index (χ2n) is 6.36. The highest BCUT2D eigenvalue weighted by Gasteiger charge is 2.19. The summed E-state index contributed by atoms with van der Waals surface area (Å²) in [5.41, 5.74) is 4.37. The zero-order chi connectivity index (χ0) is 13.8. The van der Waals surface area contributed by atoms with E-state index in [0.29, 0.717) is 0 Å². The van der Waals surface area contributed by atoms with Gasteiger partial charge in [-0.05, 0) is 47.8 Å². The summed E-state index contributed by atoms with van der Waals surface area (Å²) in [6.07, 6.45) is 6.59. The molecule has 0 radical (unpaired) electrons. The lowest BCUT2D eigenvalue weighted by molar-refractivity contribution is 0.348. The molecule has 3 rings (SSSR count). The smallest absolute Gasteiger partial charge is 0.00258 e. The fourth-order valence-electron chi connectivity index (χ4n) is 3.33. The first-order chi connectivity index (χ1) is 9.81. The van der Waals surface area contributed by atoms with Crippen LogP contribution >= 0.6 is 0 Å². The molecule has 20 heavy (non-hydrogen) atoms. The van der Waals surface area contributed by atoms with Crippen LogP contribution in [0, 0.1) is 5.92 Å². The van der Waals surface area contributed by atoms with E-state index in [1.807, 2.05) is 0 Å². The van der Waals surface area contributed by atoms with Crippen molar-refractivity contribution < 1.29 is 0 Å². The number of hydrogen-bond donors (Lipinski definition) is 0. The lowest BCUT2D eigenvalue weighted by Gasteiger charge is -2.26. The Balaban J connectivity index is 1.65. The third kappa shape index (κ3) is 3.30. The van der Waals surface area contributed by atoms with Gasteiger partial charge in [0.05, 0.1) is 0 Å². The summed E-state index contributed by atoms with van der Waals surface area (Å²) in [6, 6.07) is 20.1. The highest BCUT2D eigenvalue weighted by atomic mass is 14.2. The van der Waals surface area contributed by atoms with Crippen molar-refractivity contribution in [2.24, 2.45) is 5.92 Å². The molecule has 2 aromatic rings. The first-order valence-corrected chi connectivity index (χ1v) is 7.94. The van der Waals surface area contributed by atoms with Crippen LogP contribution in [0.4, 0.5) is 0 Å². The summed E-state index contributed by atoms with van der Waals surface area (Å²) in [5.74, 6) is 1.74. The maximum Gasteiger partial charge on any atom is -0.00258 e. The molecule has 1 fully saturated rings. The molecular formula is C20H24. The van der Waals surface area contributed by atoms with Crippen LogP contribution in [0.25, 0.3) is 0 Å². The molecule has 0 amide bonds. The van der Waals surface area contributed by atoms with E-state index in [1.54, 1.807) is 5.56 Å². The average molecular weight is 264 g/mol. The van der Waals surface area contributed by atoms with Gasteiger partial charge in [0.15, 0.2) is 0 Å². The van der Waals surface area contributed by atoms with Crippen molar-refractivity contribution >= 4 is 0 Å². The predicted molar refractivity (Wildman–Crippen MR) is 86.1 cm³/mol. The van der Waals surface area contributed by atoms with Crippen molar-refractivity contribution in [3.8, 4) is 0 Å². The van der Waals surface area contributed by atoms with Gasteiger partial charge in [0.25, 0.3) is 0 Å². The lowest BCUT2D eigenvalue weighted by atomic mass is 9.79. The Morgan fingerprint density at radius 1 is 0.750 bits per heavy atom. The van der Waals surface area contributed by atoms with E-state index in [9.17, 15) is 0 Å². The molecule has 0 N–H and O–H groups in total. The molecule has 1 saturated carbocycles. The summed E-state index contributed by atoms with van der Waals surface area (Å²) < 4.78 is 0. The average Bonchev–Trinajstić information content (AvgIpc) is 2.50. The monoisotopic (exact) mass is 264 g/mol. The SMILES string of the molecule is CC1CCC(c2ccc(Cc3ccccc3)cc2)CC1. The van der Waals surface area contributed by atoms with Crippen LogP contribution in [0.3, 0.4) is 0 Å². The first kappa shape index (κ1) is 13.4. The third-order valence-corrected chi connectivity index (χ3v) is 4.72. The van der Waals surface area contributed by atoms with Gasteiger partial charge in [-0.25, -0.2) is 0 Å². The van der Waals surface area contributed by atoms with Crippen molar-refractivity contribution in [3.63, 3.8) is 0 Å². The third-order valence-electron chi connectivity index (χ3n) is 4.72. The van der Waals surface area contributed by atoms with Gasteiger partial charge in [-0.3, -0.25) is 0 Å². The second-order valence-corrected chi connectivity index (χ2v) is 6.36. The number of benzene rings is 2. The Bertz CT molecular complexity index is 516. The van der Waals surface area contributed by atoms with Gasteiger partial charge in [-0.2, -0.15) is 0 Å². The standard InChI is InChI=1S/C20H24/c1-16-7-11-19(12-8-16)20-13-9-18(10-14-20)15-17-5-3-2-4-6-17/h2-6,9-10,13-14,16,19H,7-8,11-12,15H2,1H3. The van der Waals surface area contributed by atoms with Crippen LogP contribution in [0.15, 0.2) is 54.6 Å². The van der Waals surface area contributed by atoms with Gasteiger partial charge in [0.2, 0.25) is 0 Å². The minimum Gasteiger partial charge on any atom is -0.0625 e. The molecule has 2 aromatic carbocycles. The van der Waals surface area contributed by atoms with Crippen molar-refractivity contribution in [1.29, 1.82) is 0 Å². The minimum atomic E-state index is 0.803. The molecule has 0 heteroatoms. The number of rotatable bonds is 3. The first-order valence-electron chi connectivity index (χ1n) is 7.94. The zero-order valence-corrected chi connectivity index (χ0v) is 12.4. The highest BCUT2D eigenvalue weighted by Crippen LogP contribution is 2.35. The van der Waals surface area contributed by atoms with Crippen molar-refractivity contribution in [1.82, 2.24) is 0 Å². The van der Waals surface area contributed by atoms with Crippen molar-refractivity contribution in [3.05, 3.63) is 71.3 Å². The topological polar surface area (TPSA) is 0 Å². The number of hydrogen-bond acceptors (Lipinski definition) is 0. The Kier molecular flexibility index (Phi) is 4.20. The second kappa shape index (κ2) is 6.26. The van der Waals surface area contributed by atoms with Gasteiger partial charge in [-0.1, -0.05) is 74.4 Å². The van der Waals surface area contributed by atoms with E-state index >= 15 is 0 Å². The fraction of sp³-hybridized carbons (Fsp3) is 0.400. The normalized spacial score (nSPS) is 22.6. The summed E-state index contributed by atoms with van der Waals surface area (Å²) in [7, 11) is 0. The predicted octanol–water partition coefficient (Wildman–Crippen LogP) is 5.57. The van der Waals surface area contributed by atoms with Gasteiger partial charge in [-0.15, -0.1) is 0 Å². The Morgan fingerprint density at radius 3 is 2.00 bits per heavy atom. The zero-order valence-electron chi connectivity index (χ0n) is 12.4. The van der Waals surface area contributed by atoms with Crippen LogP contribution in [0.2, 0.25) is 0 Å². The van der Waals surface area contributed by atoms with Crippen molar-refractivity contribution in [2.75, 3.05) is 0 Å². The van der Waals surface area contributed by atoms with E-state index in [4.69, 9.17) is 0 Å². The van der Waals surface area contributed by atoms with Crippen LogP contribution in [0.1, 0.15) is 55.2 Å². The van der Waals surface area contributed by atoms with Gasteiger partial charge < -0.3 is 0 Å². The van der Waals surface area contributed by atoms with E-state index < -0.39 is 0 Å². The van der Waals surface area contributed by atoms with Crippen LogP contribution in [0.5, 0.6) is 0 Å². The maximum absolute atomic E-state index is 2.39. The largest absolute Gasteiger partial charge is 0.0625 e. The Hall–Kier alpha value is -1.56. The quantitative estimate of drug-likeness (QED) is 0.679.